The zero-order chi connectivity index (χ0) is 22.3. The van der Waals surface area contributed by atoms with Crippen LogP contribution in [0.1, 0.15) is 52.7 Å². The summed E-state index contributed by atoms with van der Waals surface area (Å²) in [6.07, 6.45) is 0. The van der Waals surface area contributed by atoms with E-state index in [4.69, 9.17) is 9.47 Å². The molecule has 0 saturated carbocycles. The SMILES string of the molecule is COCCOCCn1c2c(Br)cc(C(C)(C)C)cc2c2cc(C(C)(C)C)cc(Br)c21. The van der Waals surface area contributed by atoms with E-state index in [-0.39, 0.29) is 10.8 Å². The van der Waals surface area contributed by atoms with Crippen molar-refractivity contribution >= 4 is 53.7 Å². The van der Waals surface area contributed by atoms with Crippen molar-refractivity contribution in [1.29, 1.82) is 0 Å². The molecule has 3 nitrogen and oxygen atoms in total. The molecule has 0 amide bonds. The highest BCUT2D eigenvalue weighted by molar-refractivity contribution is 9.11. The van der Waals surface area contributed by atoms with Crippen molar-refractivity contribution in [3.8, 4) is 0 Å². The maximum Gasteiger partial charge on any atom is 0.0701 e. The summed E-state index contributed by atoms with van der Waals surface area (Å²) in [5.74, 6) is 0. The van der Waals surface area contributed by atoms with Crippen molar-refractivity contribution in [1.82, 2.24) is 4.57 Å². The van der Waals surface area contributed by atoms with Gasteiger partial charge in [0.1, 0.15) is 0 Å². The van der Waals surface area contributed by atoms with Gasteiger partial charge in [-0.15, -0.1) is 0 Å². The topological polar surface area (TPSA) is 23.4 Å². The van der Waals surface area contributed by atoms with Crippen LogP contribution in [0.3, 0.4) is 0 Å². The van der Waals surface area contributed by atoms with Crippen molar-refractivity contribution in [3.05, 3.63) is 44.3 Å². The number of hydrogen-bond acceptors (Lipinski definition) is 2. The van der Waals surface area contributed by atoms with E-state index in [0.717, 1.165) is 15.5 Å². The quantitative estimate of drug-likeness (QED) is 0.302. The molecule has 2 aromatic carbocycles. The molecule has 30 heavy (non-hydrogen) atoms. The second-order valence-corrected chi connectivity index (χ2v) is 11.7. The third-order valence-corrected chi connectivity index (χ3v) is 6.79. The van der Waals surface area contributed by atoms with Crippen molar-refractivity contribution in [2.45, 2.75) is 58.9 Å². The second-order valence-electron chi connectivity index (χ2n) is 9.97. The molecule has 0 aliphatic heterocycles. The highest BCUT2D eigenvalue weighted by Gasteiger charge is 2.23. The molecule has 3 aromatic rings. The first-order chi connectivity index (χ1) is 13.9. The van der Waals surface area contributed by atoms with Crippen LogP contribution >= 0.6 is 31.9 Å². The van der Waals surface area contributed by atoms with Crippen molar-refractivity contribution in [3.63, 3.8) is 0 Å². The van der Waals surface area contributed by atoms with Crippen molar-refractivity contribution < 1.29 is 9.47 Å². The lowest BCUT2D eigenvalue weighted by atomic mass is 9.85. The summed E-state index contributed by atoms with van der Waals surface area (Å²) >= 11 is 7.78. The van der Waals surface area contributed by atoms with Gasteiger partial charge >= 0.3 is 0 Å². The van der Waals surface area contributed by atoms with Crippen molar-refractivity contribution in [2.75, 3.05) is 26.9 Å². The summed E-state index contributed by atoms with van der Waals surface area (Å²) in [6, 6.07) is 9.26. The summed E-state index contributed by atoms with van der Waals surface area (Å²) in [7, 11) is 1.70. The van der Waals surface area contributed by atoms with Gasteiger partial charge in [0.25, 0.3) is 0 Å². The number of aromatic nitrogens is 1. The van der Waals surface area contributed by atoms with Crippen LogP contribution in [0.25, 0.3) is 21.8 Å². The fourth-order valence-corrected chi connectivity index (χ4v) is 5.11. The van der Waals surface area contributed by atoms with Crippen LogP contribution in [-0.2, 0) is 26.8 Å². The zero-order valence-electron chi connectivity index (χ0n) is 19.2. The van der Waals surface area contributed by atoms with E-state index < -0.39 is 0 Å². The summed E-state index contributed by atoms with van der Waals surface area (Å²) in [4.78, 5) is 0. The summed E-state index contributed by atoms with van der Waals surface area (Å²) in [5, 5.41) is 2.57. The van der Waals surface area contributed by atoms with Gasteiger partial charge in [0, 0.05) is 33.4 Å². The number of methoxy groups -OCH3 is 1. The van der Waals surface area contributed by atoms with Gasteiger partial charge in [-0.25, -0.2) is 0 Å². The minimum absolute atomic E-state index is 0.0767. The zero-order valence-corrected chi connectivity index (χ0v) is 22.3. The molecular weight excluding hydrogens is 506 g/mol. The number of rotatable bonds is 6. The third-order valence-electron chi connectivity index (χ3n) is 5.58. The molecule has 0 saturated heterocycles. The van der Waals surface area contributed by atoms with E-state index in [0.29, 0.717) is 19.8 Å². The largest absolute Gasteiger partial charge is 0.382 e. The Labute approximate surface area is 197 Å². The molecule has 0 radical (unpaired) electrons. The van der Waals surface area contributed by atoms with E-state index >= 15 is 0 Å². The summed E-state index contributed by atoms with van der Waals surface area (Å²) in [5.41, 5.74) is 5.25. The monoisotopic (exact) mass is 537 g/mol. The van der Waals surface area contributed by atoms with Crippen LogP contribution < -0.4 is 0 Å². The molecule has 0 atom stereocenters. The maximum atomic E-state index is 5.80. The predicted octanol–water partition coefficient (Wildman–Crippen LogP) is 7.58. The van der Waals surface area contributed by atoms with E-state index in [1.165, 1.54) is 32.9 Å². The van der Waals surface area contributed by atoms with E-state index in [2.05, 4.69) is 102 Å². The lowest BCUT2D eigenvalue weighted by Crippen LogP contribution is -2.12. The number of nitrogens with zero attached hydrogens (tertiary/aromatic N) is 1. The second kappa shape index (κ2) is 8.93. The van der Waals surface area contributed by atoms with Gasteiger partial charge in [-0.05, 0) is 78.1 Å². The molecule has 0 unspecified atom stereocenters. The smallest absolute Gasteiger partial charge is 0.0701 e. The number of halogens is 2. The molecule has 0 spiro atoms. The molecule has 1 aromatic heterocycles. The van der Waals surface area contributed by atoms with Crippen molar-refractivity contribution in [2.24, 2.45) is 0 Å². The molecule has 0 N–H and O–H groups in total. The first-order valence-electron chi connectivity index (χ1n) is 10.5. The van der Waals surface area contributed by atoms with Gasteiger partial charge in [0.15, 0.2) is 0 Å². The number of hydrogen-bond donors (Lipinski definition) is 0. The first-order valence-corrected chi connectivity index (χ1v) is 12.1. The van der Waals surface area contributed by atoms with Crippen LogP contribution in [-0.4, -0.2) is 31.5 Å². The maximum absolute atomic E-state index is 5.80. The van der Waals surface area contributed by atoms with Crippen LogP contribution in [0.2, 0.25) is 0 Å². The van der Waals surface area contributed by atoms with Gasteiger partial charge < -0.3 is 14.0 Å². The normalized spacial score (nSPS) is 13.0. The van der Waals surface area contributed by atoms with E-state index in [9.17, 15) is 0 Å². The number of benzene rings is 2. The summed E-state index contributed by atoms with van der Waals surface area (Å²) < 4.78 is 15.5. The van der Waals surface area contributed by atoms with Gasteiger partial charge in [-0.3, -0.25) is 0 Å². The lowest BCUT2D eigenvalue weighted by molar-refractivity contribution is 0.0673. The van der Waals surface area contributed by atoms with E-state index in [1.54, 1.807) is 7.11 Å². The Balaban J connectivity index is 2.26. The van der Waals surface area contributed by atoms with Crippen LogP contribution in [0.15, 0.2) is 33.2 Å². The van der Waals surface area contributed by atoms with Crippen LogP contribution in [0, 0.1) is 0 Å². The molecule has 3 rings (SSSR count). The van der Waals surface area contributed by atoms with Gasteiger partial charge in [-0.1, -0.05) is 41.5 Å². The van der Waals surface area contributed by atoms with Crippen LogP contribution in [0.4, 0.5) is 0 Å². The Hall–Kier alpha value is -0.880. The molecule has 0 aliphatic rings. The molecular formula is C25H33Br2NO2. The highest BCUT2D eigenvalue weighted by atomic mass is 79.9. The predicted molar refractivity (Wildman–Crippen MR) is 135 cm³/mol. The molecule has 5 heteroatoms. The molecule has 164 valence electrons. The Bertz CT molecular complexity index is 978. The minimum Gasteiger partial charge on any atom is -0.382 e. The lowest BCUT2D eigenvalue weighted by Gasteiger charge is -2.20. The molecule has 0 fully saturated rings. The average Bonchev–Trinajstić information content (AvgIpc) is 2.95. The fourth-order valence-electron chi connectivity index (χ4n) is 3.76. The fraction of sp³-hybridized carbons (Fsp3) is 0.520. The van der Waals surface area contributed by atoms with Gasteiger partial charge in [0.2, 0.25) is 0 Å². The highest BCUT2D eigenvalue weighted by Crippen LogP contribution is 2.42. The summed E-state index contributed by atoms with van der Waals surface area (Å²) in [6.45, 7) is 16.2. The molecule has 0 aliphatic carbocycles. The first kappa shape index (κ1) is 23.8. The number of fused-ring (bicyclic) bond motifs is 3. The van der Waals surface area contributed by atoms with Crippen LogP contribution in [0.5, 0.6) is 0 Å². The Morgan fingerprint density at radius 1 is 0.733 bits per heavy atom. The van der Waals surface area contributed by atoms with Gasteiger partial charge in [-0.2, -0.15) is 0 Å². The number of ether oxygens (including phenoxy) is 2. The average molecular weight is 539 g/mol. The van der Waals surface area contributed by atoms with Gasteiger partial charge in [0.05, 0.1) is 30.9 Å². The minimum atomic E-state index is 0.0767. The Kier molecular flexibility index (Phi) is 7.08. The molecule has 1 heterocycles. The molecule has 0 bridgehead atoms. The standard InChI is InChI=1S/C25H33Br2NO2/c1-24(2,3)16-12-18-19-13-17(25(4,5)6)15-21(27)23(19)28(22(18)20(26)14-16)8-9-30-11-10-29-7/h12-15H,8-11H2,1-7H3. The Morgan fingerprint density at radius 3 is 1.60 bits per heavy atom. The third kappa shape index (κ3) is 4.79. The Morgan fingerprint density at radius 2 is 1.20 bits per heavy atom. The van der Waals surface area contributed by atoms with E-state index in [1.807, 2.05) is 0 Å².